The molecule has 0 radical (unpaired) electrons. The first kappa shape index (κ1) is 12.4. The van der Waals surface area contributed by atoms with Crippen molar-refractivity contribution >= 4 is 16.9 Å². The van der Waals surface area contributed by atoms with Crippen LogP contribution in [-0.4, -0.2) is 29.9 Å². The lowest BCUT2D eigenvalue weighted by molar-refractivity contribution is -0.150. The van der Waals surface area contributed by atoms with Crippen LogP contribution in [0.3, 0.4) is 0 Å². The van der Waals surface area contributed by atoms with Crippen LogP contribution < -0.4 is 4.74 Å². The van der Waals surface area contributed by atoms with Crippen molar-refractivity contribution in [3.63, 3.8) is 0 Å². The number of methoxy groups -OCH3 is 2. The van der Waals surface area contributed by atoms with Crippen molar-refractivity contribution in [1.29, 1.82) is 0 Å². The Kier molecular flexibility index (Phi) is 3.25. The van der Waals surface area contributed by atoms with Crippen molar-refractivity contribution in [3.8, 4) is 5.75 Å². The predicted octanol–water partition coefficient (Wildman–Crippen LogP) is 1.39. The third-order valence-corrected chi connectivity index (χ3v) is 2.99. The van der Waals surface area contributed by atoms with E-state index in [1.54, 1.807) is 6.07 Å². The van der Waals surface area contributed by atoms with Gasteiger partial charge in [-0.3, -0.25) is 0 Å². The zero-order chi connectivity index (χ0) is 13.3. The number of hydrogen-bond acceptors (Lipinski definition) is 4. The Bertz CT molecular complexity index is 588. The number of carbonyl (C=O) groups excluding carboxylic acids is 1. The number of hydrogen-bond donors (Lipinski definition) is 1. The fraction of sp³-hybridized carbons (Fsp3) is 0.308. The first-order valence-electron chi connectivity index (χ1n) is 5.48. The smallest absolute Gasteiger partial charge is 0.339 e. The van der Waals surface area contributed by atoms with E-state index in [1.807, 2.05) is 29.9 Å². The number of fused-ring (bicyclic) bond motifs is 1. The number of carbonyl (C=O) groups is 1. The van der Waals surface area contributed by atoms with Gasteiger partial charge in [-0.15, -0.1) is 0 Å². The van der Waals surface area contributed by atoms with Crippen molar-refractivity contribution in [1.82, 2.24) is 4.57 Å². The number of aromatic nitrogens is 1. The second-order valence-corrected chi connectivity index (χ2v) is 3.97. The number of aliphatic hydroxyl groups is 1. The Morgan fingerprint density at radius 2 is 2.06 bits per heavy atom. The monoisotopic (exact) mass is 249 g/mol. The lowest BCUT2D eigenvalue weighted by Gasteiger charge is -2.14. The minimum absolute atomic E-state index is 0.433. The number of benzene rings is 1. The summed E-state index contributed by atoms with van der Waals surface area (Å²) >= 11 is 0. The van der Waals surface area contributed by atoms with Gasteiger partial charge in [0.15, 0.2) is 6.10 Å². The molecule has 0 aliphatic carbocycles. The largest absolute Gasteiger partial charge is 0.496 e. The number of esters is 1. The van der Waals surface area contributed by atoms with E-state index in [0.29, 0.717) is 11.3 Å². The molecule has 5 heteroatoms. The molecule has 2 aromatic rings. The van der Waals surface area contributed by atoms with Crippen molar-refractivity contribution < 1.29 is 19.4 Å². The van der Waals surface area contributed by atoms with Gasteiger partial charge in [-0.2, -0.15) is 0 Å². The molecule has 1 aromatic heterocycles. The highest BCUT2D eigenvalue weighted by molar-refractivity contribution is 5.91. The average molecular weight is 249 g/mol. The zero-order valence-corrected chi connectivity index (χ0v) is 10.5. The van der Waals surface area contributed by atoms with E-state index in [0.717, 1.165) is 10.9 Å². The predicted molar refractivity (Wildman–Crippen MR) is 66.4 cm³/mol. The van der Waals surface area contributed by atoms with E-state index in [2.05, 4.69) is 4.74 Å². The van der Waals surface area contributed by atoms with E-state index in [9.17, 15) is 9.90 Å². The van der Waals surface area contributed by atoms with Crippen LogP contribution >= 0.6 is 0 Å². The molecule has 96 valence electrons. The SMILES string of the molecule is COC(=O)C(O)c1c(OC)ccc2c1ccn2C. The average Bonchev–Trinajstić information content (AvgIpc) is 2.77. The number of aryl methyl sites for hydroxylation is 1. The van der Waals surface area contributed by atoms with E-state index in [1.165, 1.54) is 14.2 Å². The molecule has 1 N–H and O–H groups in total. The molecular weight excluding hydrogens is 234 g/mol. The topological polar surface area (TPSA) is 60.7 Å². The van der Waals surface area contributed by atoms with E-state index in [4.69, 9.17) is 4.74 Å². The van der Waals surface area contributed by atoms with Crippen molar-refractivity contribution in [2.75, 3.05) is 14.2 Å². The summed E-state index contributed by atoms with van der Waals surface area (Å²) in [7, 11) is 4.63. The Balaban J connectivity index is 2.68. The molecule has 1 aromatic carbocycles. The quantitative estimate of drug-likeness (QED) is 0.835. The molecule has 0 amide bonds. The summed E-state index contributed by atoms with van der Waals surface area (Å²) in [4.78, 5) is 11.5. The molecular formula is C13H15NO4. The van der Waals surface area contributed by atoms with Gasteiger partial charge in [0.1, 0.15) is 5.75 Å². The van der Waals surface area contributed by atoms with Crippen LogP contribution in [0.25, 0.3) is 10.9 Å². The van der Waals surface area contributed by atoms with E-state index >= 15 is 0 Å². The summed E-state index contributed by atoms with van der Waals surface area (Å²) in [6.45, 7) is 0. The van der Waals surface area contributed by atoms with E-state index in [-0.39, 0.29) is 0 Å². The van der Waals surface area contributed by atoms with Crippen molar-refractivity contribution in [2.24, 2.45) is 7.05 Å². The Labute approximate surface area is 105 Å². The summed E-state index contributed by atoms with van der Waals surface area (Å²) < 4.78 is 11.7. The second-order valence-electron chi connectivity index (χ2n) is 3.97. The van der Waals surface area contributed by atoms with Gasteiger partial charge >= 0.3 is 5.97 Å². The van der Waals surface area contributed by atoms with Gasteiger partial charge in [0, 0.05) is 29.7 Å². The maximum absolute atomic E-state index is 11.5. The molecule has 0 saturated carbocycles. The van der Waals surface area contributed by atoms with Crippen LogP contribution in [0, 0.1) is 0 Å². The molecule has 0 saturated heterocycles. The summed E-state index contributed by atoms with van der Waals surface area (Å²) in [5.74, 6) is -0.240. The summed E-state index contributed by atoms with van der Waals surface area (Å²) in [5.41, 5.74) is 1.34. The van der Waals surface area contributed by atoms with Gasteiger partial charge in [0.05, 0.1) is 14.2 Å². The van der Waals surface area contributed by atoms with Gasteiger partial charge in [0.2, 0.25) is 0 Å². The molecule has 18 heavy (non-hydrogen) atoms. The van der Waals surface area contributed by atoms with Crippen LogP contribution in [0.1, 0.15) is 11.7 Å². The highest BCUT2D eigenvalue weighted by atomic mass is 16.5. The number of aliphatic hydroxyl groups excluding tert-OH is 1. The summed E-state index contributed by atoms with van der Waals surface area (Å²) in [5, 5.41) is 10.8. The van der Waals surface area contributed by atoms with Gasteiger partial charge in [-0.1, -0.05) is 0 Å². The van der Waals surface area contributed by atoms with Gasteiger partial charge in [-0.25, -0.2) is 4.79 Å². The maximum Gasteiger partial charge on any atom is 0.339 e. The molecule has 0 aliphatic heterocycles. The Hall–Kier alpha value is -2.01. The zero-order valence-electron chi connectivity index (χ0n) is 10.5. The lowest BCUT2D eigenvalue weighted by Crippen LogP contribution is -2.14. The van der Waals surface area contributed by atoms with E-state index < -0.39 is 12.1 Å². The van der Waals surface area contributed by atoms with Crippen LogP contribution in [-0.2, 0) is 16.6 Å². The molecule has 1 unspecified atom stereocenters. The molecule has 1 atom stereocenters. The minimum Gasteiger partial charge on any atom is -0.496 e. The molecule has 5 nitrogen and oxygen atoms in total. The first-order chi connectivity index (χ1) is 8.60. The Morgan fingerprint density at radius 3 is 2.67 bits per heavy atom. The third kappa shape index (κ3) is 1.82. The number of nitrogens with zero attached hydrogens (tertiary/aromatic N) is 1. The highest BCUT2D eigenvalue weighted by Gasteiger charge is 2.25. The van der Waals surface area contributed by atoms with Gasteiger partial charge in [0.25, 0.3) is 0 Å². The normalized spacial score (nSPS) is 12.4. The fourth-order valence-corrected chi connectivity index (χ4v) is 2.04. The number of ether oxygens (including phenoxy) is 2. The third-order valence-electron chi connectivity index (χ3n) is 2.99. The number of rotatable bonds is 3. The standard InChI is InChI=1S/C13H15NO4/c1-14-7-6-8-9(14)4-5-10(17-2)11(8)12(15)13(16)18-3/h4-7,12,15H,1-3H3. The fourth-order valence-electron chi connectivity index (χ4n) is 2.04. The molecule has 1 heterocycles. The molecule has 0 bridgehead atoms. The van der Waals surface area contributed by atoms with Crippen LogP contribution in [0.15, 0.2) is 24.4 Å². The van der Waals surface area contributed by atoms with Gasteiger partial charge < -0.3 is 19.1 Å². The van der Waals surface area contributed by atoms with Crippen LogP contribution in [0.4, 0.5) is 0 Å². The second kappa shape index (κ2) is 4.70. The molecule has 0 fully saturated rings. The van der Waals surface area contributed by atoms with Crippen LogP contribution in [0.5, 0.6) is 5.75 Å². The van der Waals surface area contributed by atoms with Crippen LogP contribution in [0.2, 0.25) is 0 Å². The molecule has 2 rings (SSSR count). The van der Waals surface area contributed by atoms with Crippen molar-refractivity contribution in [3.05, 3.63) is 30.0 Å². The Morgan fingerprint density at radius 1 is 1.33 bits per heavy atom. The molecule has 0 aliphatic rings. The molecule has 0 spiro atoms. The minimum atomic E-state index is -1.35. The van der Waals surface area contributed by atoms with Gasteiger partial charge in [-0.05, 0) is 18.2 Å². The summed E-state index contributed by atoms with van der Waals surface area (Å²) in [6, 6.07) is 5.44. The first-order valence-corrected chi connectivity index (χ1v) is 5.48. The van der Waals surface area contributed by atoms with Crippen molar-refractivity contribution in [2.45, 2.75) is 6.10 Å². The lowest BCUT2D eigenvalue weighted by atomic mass is 10.0. The summed E-state index contributed by atoms with van der Waals surface area (Å²) in [6.07, 6.45) is 0.508. The highest BCUT2D eigenvalue weighted by Crippen LogP contribution is 2.33. The maximum atomic E-state index is 11.5.